The topological polar surface area (TPSA) is 58.8 Å². The molecule has 0 radical (unpaired) electrons. The molecule has 1 aromatic carbocycles. The van der Waals surface area contributed by atoms with E-state index < -0.39 is 5.60 Å². The van der Waals surface area contributed by atoms with Crippen molar-refractivity contribution in [2.45, 2.75) is 32.4 Å². The number of piperazine rings is 1. The molecule has 2 N–H and O–H groups in total. The molecular weight excluding hydrogens is 297 g/mol. The highest BCUT2D eigenvalue weighted by Gasteiger charge is 2.29. The van der Waals surface area contributed by atoms with Gasteiger partial charge in [0.05, 0.1) is 0 Å². The summed E-state index contributed by atoms with van der Waals surface area (Å²) in [6.45, 7) is 8.53. The Hall–Kier alpha value is -1.66. The van der Waals surface area contributed by atoms with Crippen LogP contribution in [0.2, 0.25) is 0 Å². The fourth-order valence-electron chi connectivity index (χ4n) is 2.75. The van der Waals surface area contributed by atoms with Crippen molar-refractivity contribution in [2.75, 3.05) is 32.7 Å². The third kappa shape index (κ3) is 4.91. The molecule has 0 aromatic heterocycles. The van der Waals surface area contributed by atoms with Gasteiger partial charge in [0.15, 0.2) is 0 Å². The van der Waals surface area contributed by atoms with Gasteiger partial charge in [-0.3, -0.25) is 4.90 Å². The maximum atomic E-state index is 13.4. The third-order valence-electron chi connectivity index (χ3n) is 3.86. The van der Waals surface area contributed by atoms with E-state index in [1.165, 1.54) is 12.1 Å². The summed E-state index contributed by atoms with van der Waals surface area (Å²) in [5, 5.41) is 0. The highest BCUT2D eigenvalue weighted by Crippen LogP contribution is 2.22. The van der Waals surface area contributed by atoms with Crippen LogP contribution in [0.25, 0.3) is 0 Å². The molecule has 1 atom stereocenters. The standard InChI is InChI=1S/C17H26FN3O2/c1-17(2,3)23-16(22)21-9-7-20(8-10-21)15(12-19)13-5-4-6-14(18)11-13/h4-6,11,15H,7-10,12,19H2,1-3H3. The van der Waals surface area contributed by atoms with Crippen LogP contribution in [0, 0.1) is 5.82 Å². The fraction of sp³-hybridized carbons (Fsp3) is 0.588. The summed E-state index contributed by atoms with van der Waals surface area (Å²) in [7, 11) is 0. The summed E-state index contributed by atoms with van der Waals surface area (Å²) < 4.78 is 18.8. The summed E-state index contributed by atoms with van der Waals surface area (Å²) in [6.07, 6.45) is -0.285. The summed E-state index contributed by atoms with van der Waals surface area (Å²) in [6, 6.07) is 6.51. The van der Waals surface area contributed by atoms with Crippen molar-refractivity contribution in [1.82, 2.24) is 9.80 Å². The summed E-state index contributed by atoms with van der Waals surface area (Å²) in [5.41, 5.74) is 6.28. The van der Waals surface area contributed by atoms with Crippen LogP contribution in [0.4, 0.5) is 9.18 Å². The summed E-state index contributed by atoms with van der Waals surface area (Å²) in [4.78, 5) is 16.0. The van der Waals surface area contributed by atoms with Crippen molar-refractivity contribution >= 4 is 6.09 Å². The van der Waals surface area contributed by atoms with E-state index in [0.29, 0.717) is 32.7 Å². The Balaban J connectivity index is 1.96. The average Bonchev–Trinajstić information content (AvgIpc) is 2.47. The molecule has 1 amide bonds. The molecule has 1 aliphatic heterocycles. The van der Waals surface area contributed by atoms with Crippen LogP contribution < -0.4 is 5.73 Å². The highest BCUT2D eigenvalue weighted by atomic mass is 19.1. The number of amides is 1. The zero-order chi connectivity index (χ0) is 17.0. The van der Waals surface area contributed by atoms with Gasteiger partial charge < -0.3 is 15.4 Å². The first-order valence-electron chi connectivity index (χ1n) is 7.97. The summed E-state index contributed by atoms with van der Waals surface area (Å²) >= 11 is 0. The Morgan fingerprint density at radius 2 is 1.96 bits per heavy atom. The Morgan fingerprint density at radius 3 is 2.48 bits per heavy atom. The van der Waals surface area contributed by atoms with Crippen LogP contribution in [0.3, 0.4) is 0 Å². The second-order valence-corrected chi connectivity index (χ2v) is 6.81. The predicted molar refractivity (Wildman–Crippen MR) is 87.6 cm³/mol. The van der Waals surface area contributed by atoms with Gasteiger partial charge in [-0.1, -0.05) is 12.1 Å². The minimum absolute atomic E-state index is 0.0357. The Morgan fingerprint density at radius 1 is 1.30 bits per heavy atom. The van der Waals surface area contributed by atoms with Crippen molar-refractivity contribution in [1.29, 1.82) is 0 Å². The maximum absolute atomic E-state index is 13.4. The molecule has 1 unspecified atom stereocenters. The Labute approximate surface area is 137 Å². The van der Waals surface area contributed by atoms with Crippen LogP contribution >= 0.6 is 0 Å². The largest absolute Gasteiger partial charge is 0.444 e. The molecule has 2 rings (SSSR count). The first-order chi connectivity index (χ1) is 10.8. The lowest BCUT2D eigenvalue weighted by Gasteiger charge is -2.39. The van der Waals surface area contributed by atoms with E-state index in [0.717, 1.165) is 5.56 Å². The van der Waals surface area contributed by atoms with E-state index in [1.54, 1.807) is 11.0 Å². The quantitative estimate of drug-likeness (QED) is 0.928. The molecule has 128 valence electrons. The van der Waals surface area contributed by atoms with Crippen molar-refractivity contribution in [2.24, 2.45) is 5.73 Å². The van der Waals surface area contributed by atoms with Gasteiger partial charge in [0, 0.05) is 38.8 Å². The molecule has 23 heavy (non-hydrogen) atoms. The molecule has 1 fully saturated rings. The van der Waals surface area contributed by atoms with Gasteiger partial charge in [0.1, 0.15) is 11.4 Å². The van der Waals surface area contributed by atoms with Gasteiger partial charge in [-0.2, -0.15) is 0 Å². The van der Waals surface area contributed by atoms with Crippen molar-refractivity contribution in [3.63, 3.8) is 0 Å². The molecule has 1 heterocycles. The van der Waals surface area contributed by atoms with Gasteiger partial charge in [-0.05, 0) is 38.5 Å². The number of nitrogens with two attached hydrogens (primary N) is 1. The second kappa shape index (κ2) is 7.27. The average molecular weight is 323 g/mol. The normalized spacial score (nSPS) is 17.9. The first-order valence-corrected chi connectivity index (χ1v) is 7.97. The lowest BCUT2D eigenvalue weighted by Crippen LogP contribution is -2.51. The van der Waals surface area contributed by atoms with Gasteiger partial charge in [-0.15, -0.1) is 0 Å². The number of nitrogens with zero attached hydrogens (tertiary/aromatic N) is 2. The zero-order valence-corrected chi connectivity index (χ0v) is 14.1. The van der Waals surface area contributed by atoms with Crippen LogP contribution in [-0.2, 0) is 4.74 Å². The predicted octanol–water partition coefficient (Wildman–Crippen LogP) is 2.38. The molecule has 0 aliphatic carbocycles. The molecule has 1 aliphatic rings. The number of ether oxygens (including phenoxy) is 1. The van der Waals surface area contributed by atoms with Crippen molar-refractivity contribution in [3.05, 3.63) is 35.6 Å². The number of carbonyl (C=O) groups excluding carboxylic acids is 1. The minimum atomic E-state index is -0.490. The first kappa shape index (κ1) is 17.7. The highest BCUT2D eigenvalue weighted by molar-refractivity contribution is 5.68. The van der Waals surface area contributed by atoms with E-state index in [1.807, 2.05) is 26.8 Å². The number of hydrogen-bond donors (Lipinski definition) is 1. The van der Waals surface area contributed by atoms with Crippen LogP contribution in [-0.4, -0.2) is 54.2 Å². The van der Waals surface area contributed by atoms with Crippen molar-refractivity contribution in [3.8, 4) is 0 Å². The lowest BCUT2D eigenvalue weighted by molar-refractivity contribution is 0.0106. The van der Waals surface area contributed by atoms with E-state index in [-0.39, 0.29) is 18.0 Å². The van der Waals surface area contributed by atoms with E-state index in [9.17, 15) is 9.18 Å². The van der Waals surface area contributed by atoms with Crippen LogP contribution in [0.5, 0.6) is 0 Å². The van der Waals surface area contributed by atoms with Gasteiger partial charge >= 0.3 is 6.09 Å². The van der Waals surface area contributed by atoms with Gasteiger partial charge in [0.2, 0.25) is 0 Å². The molecule has 0 spiro atoms. The smallest absolute Gasteiger partial charge is 0.410 e. The molecule has 5 nitrogen and oxygen atoms in total. The SMILES string of the molecule is CC(C)(C)OC(=O)N1CCN(C(CN)c2cccc(F)c2)CC1. The van der Waals surface area contributed by atoms with Gasteiger partial charge in [0.25, 0.3) is 0 Å². The number of hydrogen-bond acceptors (Lipinski definition) is 4. The van der Waals surface area contributed by atoms with Crippen LogP contribution in [0.15, 0.2) is 24.3 Å². The van der Waals surface area contributed by atoms with Crippen molar-refractivity contribution < 1.29 is 13.9 Å². The third-order valence-corrected chi connectivity index (χ3v) is 3.86. The maximum Gasteiger partial charge on any atom is 0.410 e. The molecule has 6 heteroatoms. The van der Waals surface area contributed by atoms with E-state index >= 15 is 0 Å². The summed E-state index contributed by atoms with van der Waals surface area (Å²) in [5.74, 6) is -0.256. The van der Waals surface area contributed by atoms with E-state index in [4.69, 9.17) is 10.5 Å². The van der Waals surface area contributed by atoms with E-state index in [2.05, 4.69) is 4.90 Å². The minimum Gasteiger partial charge on any atom is -0.444 e. The Bertz CT molecular complexity index is 537. The number of halogens is 1. The molecule has 1 aromatic rings. The molecule has 0 bridgehead atoms. The molecule has 0 saturated carbocycles. The molecular formula is C17H26FN3O2. The number of rotatable bonds is 3. The zero-order valence-electron chi connectivity index (χ0n) is 14.1. The van der Waals surface area contributed by atoms with Gasteiger partial charge in [-0.25, -0.2) is 9.18 Å². The molecule has 1 saturated heterocycles. The second-order valence-electron chi connectivity index (χ2n) is 6.81. The monoisotopic (exact) mass is 323 g/mol. The fourth-order valence-corrected chi connectivity index (χ4v) is 2.75. The Kier molecular flexibility index (Phi) is 5.59. The number of carbonyl (C=O) groups is 1. The lowest BCUT2D eigenvalue weighted by atomic mass is 10.0. The number of benzene rings is 1. The van der Waals surface area contributed by atoms with Crippen LogP contribution in [0.1, 0.15) is 32.4 Å².